The molecule has 3 aliphatic carbocycles. The molecule has 2 fully saturated rings. The van der Waals surface area contributed by atoms with Crippen molar-refractivity contribution in [1.29, 1.82) is 0 Å². The third-order valence-corrected chi connectivity index (χ3v) is 6.67. The number of hydrogen-bond acceptors (Lipinski definition) is 3. The molecule has 1 atom stereocenters. The van der Waals surface area contributed by atoms with Gasteiger partial charge >= 0.3 is 0 Å². The Morgan fingerprint density at radius 3 is 2.74 bits per heavy atom. The zero-order valence-corrected chi connectivity index (χ0v) is 16.4. The lowest BCUT2D eigenvalue weighted by atomic mass is 9.80. The maximum absolute atomic E-state index is 12.9. The van der Waals surface area contributed by atoms with E-state index >= 15 is 0 Å². The zero-order valence-electron chi connectivity index (χ0n) is 16.4. The van der Waals surface area contributed by atoms with E-state index < -0.39 is 5.41 Å². The topological polar surface area (TPSA) is 58.6 Å². The molecule has 0 spiro atoms. The summed E-state index contributed by atoms with van der Waals surface area (Å²) in [5.41, 5.74) is 2.02. The minimum atomic E-state index is -0.431. The van der Waals surface area contributed by atoms with E-state index in [2.05, 4.69) is 24.4 Å². The predicted octanol–water partition coefficient (Wildman–Crippen LogP) is 2.42. The normalized spacial score (nSPS) is 29.0. The summed E-state index contributed by atoms with van der Waals surface area (Å²) in [7, 11) is 1.85. The maximum atomic E-state index is 12.9. The van der Waals surface area contributed by atoms with Gasteiger partial charge in [-0.2, -0.15) is 0 Å². The predicted molar refractivity (Wildman–Crippen MR) is 103 cm³/mol. The Bertz CT molecular complexity index is 724. The Morgan fingerprint density at radius 2 is 2.00 bits per heavy atom. The fourth-order valence-corrected chi connectivity index (χ4v) is 4.30. The molecule has 0 bridgehead atoms. The Morgan fingerprint density at radius 1 is 1.26 bits per heavy atom. The van der Waals surface area contributed by atoms with Crippen LogP contribution in [0.5, 0.6) is 0 Å². The van der Waals surface area contributed by atoms with Crippen molar-refractivity contribution < 1.29 is 14.3 Å². The van der Waals surface area contributed by atoms with Crippen LogP contribution in [-0.2, 0) is 26.2 Å². The van der Waals surface area contributed by atoms with Gasteiger partial charge in [0, 0.05) is 19.1 Å². The lowest BCUT2D eigenvalue weighted by molar-refractivity contribution is -0.139. The molecule has 2 saturated carbocycles. The van der Waals surface area contributed by atoms with Crippen LogP contribution in [0.25, 0.3) is 0 Å². The van der Waals surface area contributed by atoms with Crippen LogP contribution in [0.4, 0.5) is 0 Å². The van der Waals surface area contributed by atoms with Crippen LogP contribution in [0.15, 0.2) is 24.3 Å². The number of ether oxygens (including phenoxy) is 1. The molecule has 1 N–H and O–H groups in total. The van der Waals surface area contributed by atoms with Crippen molar-refractivity contribution in [3.63, 3.8) is 0 Å². The Balaban J connectivity index is 1.24. The number of amides is 2. The van der Waals surface area contributed by atoms with Crippen LogP contribution in [-0.4, -0.2) is 49.1 Å². The van der Waals surface area contributed by atoms with Gasteiger partial charge < -0.3 is 15.0 Å². The van der Waals surface area contributed by atoms with Gasteiger partial charge in [-0.05, 0) is 62.5 Å². The highest BCUT2D eigenvalue weighted by molar-refractivity contribution is 5.89. The Kier molecular flexibility index (Phi) is 4.97. The average molecular weight is 370 g/mol. The van der Waals surface area contributed by atoms with Crippen LogP contribution >= 0.6 is 0 Å². The number of carbonyl (C=O) groups is 2. The van der Waals surface area contributed by atoms with E-state index in [4.69, 9.17) is 4.74 Å². The molecule has 5 nitrogen and oxygen atoms in total. The van der Waals surface area contributed by atoms with Crippen molar-refractivity contribution in [2.45, 2.75) is 62.9 Å². The molecular formula is C22H30N2O3. The number of fused-ring (bicyclic) bond motifs is 1. The molecule has 146 valence electrons. The van der Waals surface area contributed by atoms with E-state index in [9.17, 15) is 9.59 Å². The number of likely N-dealkylation sites (N-methyl/N-ethyl adjacent to an activating group) is 1. The molecule has 5 heteroatoms. The molecule has 27 heavy (non-hydrogen) atoms. The SMILES string of the molecule is CN(C(=O)COCC1CC1)C1CC(NC(=O)C2(C)CCc3ccccc32)C1. The van der Waals surface area contributed by atoms with E-state index in [-0.39, 0.29) is 30.5 Å². The Hall–Kier alpha value is -1.88. The second-order valence-corrected chi connectivity index (χ2v) is 8.75. The summed E-state index contributed by atoms with van der Waals surface area (Å²) < 4.78 is 5.50. The van der Waals surface area contributed by atoms with Gasteiger partial charge in [-0.15, -0.1) is 0 Å². The smallest absolute Gasteiger partial charge is 0.248 e. The zero-order chi connectivity index (χ0) is 19.0. The fourth-order valence-electron chi connectivity index (χ4n) is 4.30. The van der Waals surface area contributed by atoms with E-state index in [0.717, 1.165) is 25.7 Å². The van der Waals surface area contributed by atoms with E-state index in [1.54, 1.807) is 4.90 Å². The van der Waals surface area contributed by atoms with Crippen molar-refractivity contribution in [2.24, 2.45) is 5.92 Å². The van der Waals surface area contributed by atoms with Crippen LogP contribution in [0.3, 0.4) is 0 Å². The number of rotatable bonds is 7. The fraction of sp³-hybridized carbons (Fsp3) is 0.636. The van der Waals surface area contributed by atoms with Gasteiger partial charge in [-0.3, -0.25) is 9.59 Å². The number of hydrogen-bond donors (Lipinski definition) is 1. The Labute approximate surface area is 161 Å². The third-order valence-electron chi connectivity index (χ3n) is 6.67. The van der Waals surface area contributed by atoms with Crippen molar-refractivity contribution in [3.05, 3.63) is 35.4 Å². The van der Waals surface area contributed by atoms with Gasteiger partial charge in [0.15, 0.2) is 0 Å². The molecule has 2 amide bonds. The summed E-state index contributed by atoms with van der Waals surface area (Å²) in [5, 5.41) is 3.22. The molecule has 0 aliphatic heterocycles. The summed E-state index contributed by atoms with van der Waals surface area (Å²) in [6.45, 7) is 2.94. The molecular weight excluding hydrogens is 340 g/mol. The van der Waals surface area contributed by atoms with Gasteiger partial charge in [0.1, 0.15) is 6.61 Å². The van der Waals surface area contributed by atoms with E-state index in [1.807, 2.05) is 19.2 Å². The second-order valence-electron chi connectivity index (χ2n) is 8.75. The number of nitrogens with one attached hydrogen (secondary N) is 1. The third kappa shape index (κ3) is 3.75. The quantitative estimate of drug-likeness (QED) is 0.802. The standard InChI is InChI=1S/C22H30N2O3/c1-22(10-9-16-5-3-4-6-19(16)22)21(26)23-17-11-18(12-17)24(2)20(25)14-27-13-15-7-8-15/h3-6,15,17-18H,7-14H2,1-2H3,(H,23,26). The summed E-state index contributed by atoms with van der Waals surface area (Å²) in [6, 6.07) is 8.63. The van der Waals surface area contributed by atoms with E-state index in [1.165, 1.54) is 24.0 Å². The van der Waals surface area contributed by atoms with Crippen molar-refractivity contribution >= 4 is 11.8 Å². The molecule has 0 aromatic heterocycles. The van der Waals surface area contributed by atoms with Gasteiger partial charge in [-0.1, -0.05) is 24.3 Å². The number of benzene rings is 1. The average Bonchev–Trinajstić information content (AvgIpc) is 3.39. The van der Waals surface area contributed by atoms with E-state index in [0.29, 0.717) is 12.5 Å². The van der Waals surface area contributed by atoms with Gasteiger partial charge in [0.25, 0.3) is 0 Å². The molecule has 4 rings (SSSR count). The maximum Gasteiger partial charge on any atom is 0.248 e. The number of aryl methyl sites for hydroxylation is 1. The summed E-state index contributed by atoms with van der Waals surface area (Å²) in [6.07, 6.45) is 5.95. The van der Waals surface area contributed by atoms with Gasteiger partial charge in [-0.25, -0.2) is 0 Å². The largest absolute Gasteiger partial charge is 0.371 e. The molecule has 1 unspecified atom stereocenters. The monoisotopic (exact) mass is 370 g/mol. The van der Waals surface area contributed by atoms with Crippen LogP contribution in [0.2, 0.25) is 0 Å². The molecule has 3 aliphatic rings. The van der Waals surface area contributed by atoms with Crippen LogP contribution in [0, 0.1) is 5.92 Å². The van der Waals surface area contributed by atoms with Gasteiger partial charge in [0.2, 0.25) is 11.8 Å². The lowest BCUT2D eigenvalue weighted by Gasteiger charge is -2.42. The highest BCUT2D eigenvalue weighted by Gasteiger charge is 2.43. The summed E-state index contributed by atoms with van der Waals surface area (Å²) in [5.74, 6) is 0.841. The van der Waals surface area contributed by atoms with Gasteiger partial charge in [0.05, 0.1) is 12.0 Å². The first-order chi connectivity index (χ1) is 13.0. The highest BCUT2D eigenvalue weighted by atomic mass is 16.5. The molecule has 0 heterocycles. The summed E-state index contributed by atoms with van der Waals surface area (Å²) >= 11 is 0. The van der Waals surface area contributed by atoms with Crippen molar-refractivity contribution in [1.82, 2.24) is 10.2 Å². The van der Waals surface area contributed by atoms with Crippen LogP contribution in [0.1, 0.15) is 50.2 Å². The first-order valence-electron chi connectivity index (χ1n) is 10.2. The number of carbonyl (C=O) groups excluding carboxylic acids is 2. The molecule has 0 radical (unpaired) electrons. The van der Waals surface area contributed by atoms with Crippen molar-refractivity contribution in [2.75, 3.05) is 20.3 Å². The number of nitrogens with zero attached hydrogens (tertiary/aromatic N) is 1. The minimum Gasteiger partial charge on any atom is -0.371 e. The molecule has 1 aromatic carbocycles. The highest BCUT2D eigenvalue weighted by Crippen LogP contribution is 2.39. The summed E-state index contributed by atoms with van der Waals surface area (Å²) in [4.78, 5) is 27.0. The minimum absolute atomic E-state index is 0.0436. The molecule has 0 saturated heterocycles. The first kappa shape index (κ1) is 18.5. The first-order valence-corrected chi connectivity index (χ1v) is 10.2. The van der Waals surface area contributed by atoms with Crippen LogP contribution < -0.4 is 5.32 Å². The second kappa shape index (κ2) is 7.27. The van der Waals surface area contributed by atoms with Crippen molar-refractivity contribution in [3.8, 4) is 0 Å². The molecule has 1 aromatic rings. The lowest BCUT2D eigenvalue weighted by Crippen LogP contribution is -2.57.